The standard InChI is InChI=1S/C28H23N/c1-5-13-23(14-6-1)27(24-15-7-2-8-16-24)21-29-22-28(25-17-9-3-10-18-25)26-19-11-4-12-20-26/h1-22,29H. The average Bonchev–Trinajstić information content (AvgIpc) is 2.81. The van der Waals surface area contributed by atoms with Crippen LogP contribution < -0.4 is 5.32 Å². The smallest absolute Gasteiger partial charge is 0.00898 e. The molecule has 0 fully saturated rings. The number of rotatable bonds is 6. The molecule has 1 N–H and O–H groups in total. The van der Waals surface area contributed by atoms with Gasteiger partial charge in [-0.25, -0.2) is 0 Å². The van der Waals surface area contributed by atoms with Gasteiger partial charge in [0.1, 0.15) is 0 Å². The van der Waals surface area contributed by atoms with Gasteiger partial charge < -0.3 is 5.32 Å². The zero-order valence-electron chi connectivity index (χ0n) is 16.2. The van der Waals surface area contributed by atoms with E-state index >= 15 is 0 Å². The first-order valence-corrected chi connectivity index (χ1v) is 9.80. The summed E-state index contributed by atoms with van der Waals surface area (Å²) in [7, 11) is 0. The van der Waals surface area contributed by atoms with Crippen LogP contribution in [0.15, 0.2) is 134 Å². The van der Waals surface area contributed by atoms with Gasteiger partial charge >= 0.3 is 0 Å². The number of hydrogen-bond donors (Lipinski definition) is 1. The molecule has 0 aliphatic carbocycles. The summed E-state index contributed by atoms with van der Waals surface area (Å²) in [4.78, 5) is 0. The molecule has 0 aromatic heterocycles. The topological polar surface area (TPSA) is 12.0 Å². The second kappa shape index (κ2) is 9.38. The predicted molar refractivity (Wildman–Crippen MR) is 123 cm³/mol. The Labute approximate surface area is 172 Å². The van der Waals surface area contributed by atoms with Crippen molar-refractivity contribution in [1.82, 2.24) is 5.32 Å². The molecule has 0 heterocycles. The van der Waals surface area contributed by atoms with Crippen molar-refractivity contribution in [2.45, 2.75) is 0 Å². The van der Waals surface area contributed by atoms with Crippen molar-refractivity contribution in [2.75, 3.05) is 0 Å². The zero-order valence-corrected chi connectivity index (χ0v) is 16.2. The van der Waals surface area contributed by atoms with Crippen molar-refractivity contribution in [3.8, 4) is 0 Å². The first-order valence-electron chi connectivity index (χ1n) is 9.80. The van der Waals surface area contributed by atoms with E-state index in [0.717, 1.165) is 11.1 Å². The summed E-state index contributed by atoms with van der Waals surface area (Å²) in [6.45, 7) is 0. The molecule has 1 heteroatoms. The molecule has 0 atom stereocenters. The van der Waals surface area contributed by atoms with Crippen LogP contribution in [-0.4, -0.2) is 0 Å². The summed E-state index contributed by atoms with van der Waals surface area (Å²) >= 11 is 0. The molecule has 4 rings (SSSR count). The molecule has 0 bridgehead atoms. The molecule has 140 valence electrons. The van der Waals surface area contributed by atoms with E-state index in [1.54, 1.807) is 0 Å². The lowest BCUT2D eigenvalue weighted by atomic mass is 9.98. The quantitative estimate of drug-likeness (QED) is 0.394. The molecule has 4 aromatic rings. The third kappa shape index (κ3) is 4.72. The van der Waals surface area contributed by atoms with Crippen LogP contribution in [0.5, 0.6) is 0 Å². The highest BCUT2D eigenvalue weighted by Crippen LogP contribution is 2.24. The molecule has 4 aromatic carbocycles. The highest BCUT2D eigenvalue weighted by Gasteiger charge is 2.06. The third-order valence-corrected chi connectivity index (χ3v) is 4.79. The lowest BCUT2D eigenvalue weighted by Gasteiger charge is -2.11. The predicted octanol–water partition coefficient (Wildman–Crippen LogP) is 6.75. The molecule has 0 radical (unpaired) electrons. The highest BCUT2D eigenvalue weighted by atomic mass is 14.8. The van der Waals surface area contributed by atoms with E-state index in [2.05, 4.69) is 115 Å². The van der Waals surface area contributed by atoms with Crippen LogP contribution >= 0.6 is 0 Å². The summed E-state index contributed by atoms with van der Waals surface area (Å²) in [5.41, 5.74) is 7.04. The minimum Gasteiger partial charge on any atom is -0.366 e. The van der Waals surface area contributed by atoms with E-state index < -0.39 is 0 Å². The Bertz CT molecular complexity index is 906. The van der Waals surface area contributed by atoms with Crippen LogP contribution in [0, 0.1) is 0 Å². The normalized spacial score (nSPS) is 10.1. The van der Waals surface area contributed by atoms with Gasteiger partial charge in [-0.05, 0) is 22.3 Å². The van der Waals surface area contributed by atoms with E-state index in [4.69, 9.17) is 0 Å². The molecule has 0 spiro atoms. The Morgan fingerprint density at radius 2 is 0.621 bits per heavy atom. The van der Waals surface area contributed by atoms with E-state index in [-0.39, 0.29) is 0 Å². The summed E-state index contributed by atoms with van der Waals surface area (Å²) < 4.78 is 0. The number of benzene rings is 4. The fraction of sp³-hybridized carbons (Fsp3) is 0. The van der Waals surface area contributed by atoms with E-state index in [9.17, 15) is 0 Å². The van der Waals surface area contributed by atoms with Crippen molar-refractivity contribution in [1.29, 1.82) is 0 Å². The fourth-order valence-electron chi connectivity index (χ4n) is 3.35. The molecular weight excluding hydrogens is 350 g/mol. The van der Waals surface area contributed by atoms with Crippen molar-refractivity contribution in [3.63, 3.8) is 0 Å². The first-order chi connectivity index (χ1) is 14.4. The zero-order chi connectivity index (χ0) is 19.7. The SMILES string of the molecule is C(NC=C(c1ccccc1)c1ccccc1)=C(c1ccccc1)c1ccccc1. The Hall–Kier alpha value is -3.84. The van der Waals surface area contributed by atoms with Crippen molar-refractivity contribution < 1.29 is 0 Å². The van der Waals surface area contributed by atoms with Crippen LogP contribution in [0.3, 0.4) is 0 Å². The van der Waals surface area contributed by atoms with Gasteiger partial charge in [0.2, 0.25) is 0 Å². The van der Waals surface area contributed by atoms with Crippen molar-refractivity contribution in [3.05, 3.63) is 156 Å². The molecule has 0 amide bonds. The summed E-state index contributed by atoms with van der Waals surface area (Å²) in [6, 6.07) is 41.8. The molecular formula is C28H23N. The van der Waals surface area contributed by atoms with Gasteiger partial charge in [0, 0.05) is 23.5 Å². The monoisotopic (exact) mass is 373 g/mol. The number of hydrogen-bond acceptors (Lipinski definition) is 1. The largest absolute Gasteiger partial charge is 0.366 e. The van der Waals surface area contributed by atoms with Gasteiger partial charge in [-0.15, -0.1) is 0 Å². The van der Waals surface area contributed by atoms with Gasteiger partial charge in [-0.2, -0.15) is 0 Å². The Kier molecular flexibility index (Phi) is 5.99. The molecule has 0 aliphatic rings. The maximum Gasteiger partial charge on any atom is 0.00898 e. The second-order valence-corrected chi connectivity index (χ2v) is 6.75. The maximum absolute atomic E-state index is 3.46. The van der Waals surface area contributed by atoms with E-state index in [1.165, 1.54) is 22.3 Å². The van der Waals surface area contributed by atoms with Crippen LogP contribution in [0.25, 0.3) is 11.1 Å². The molecule has 29 heavy (non-hydrogen) atoms. The first kappa shape index (κ1) is 18.5. The molecule has 0 saturated heterocycles. The molecule has 0 saturated carbocycles. The average molecular weight is 373 g/mol. The second-order valence-electron chi connectivity index (χ2n) is 6.75. The van der Waals surface area contributed by atoms with Crippen molar-refractivity contribution in [2.24, 2.45) is 0 Å². The lowest BCUT2D eigenvalue weighted by molar-refractivity contribution is 1.19. The highest BCUT2D eigenvalue weighted by molar-refractivity contribution is 5.81. The lowest BCUT2D eigenvalue weighted by Crippen LogP contribution is -2.00. The number of nitrogens with one attached hydrogen (secondary N) is 1. The summed E-state index contributed by atoms with van der Waals surface area (Å²) in [6.07, 6.45) is 4.16. The fourth-order valence-corrected chi connectivity index (χ4v) is 3.35. The van der Waals surface area contributed by atoms with E-state index in [1.807, 2.05) is 24.3 Å². The summed E-state index contributed by atoms with van der Waals surface area (Å²) in [5.74, 6) is 0. The van der Waals surface area contributed by atoms with Crippen LogP contribution in [-0.2, 0) is 0 Å². The Morgan fingerprint density at radius 1 is 0.379 bits per heavy atom. The third-order valence-electron chi connectivity index (χ3n) is 4.79. The van der Waals surface area contributed by atoms with Crippen LogP contribution in [0.4, 0.5) is 0 Å². The molecule has 1 nitrogen and oxygen atoms in total. The van der Waals surface area contributed by atoms with Gasteiger partial charge in [0.15, 0.2) is 0 Å². The van der Waals surface area contributed by atoms with E-state index in [0.29, 0.717) is 0 Å². The van der Waals surface area contributed by atoms with Crippen LogP contribution in [0.1, 0.15) is 22.3 Å². The molecule has 0 unspecified atom stereocenters. The van der Waals surface area contributed by atoms with Gasteiger partial charge in [-0.1, -0.05) is 121 Å². The Morgan fingerprint density at radius 3 is 0.862 bits per heavy atom. The minimum absolute atomic E-state index is 1.16. The van der Waals surface area contributed by atoms with Gasteiger partial charge in [0.25, 0.3) is 0 Å². The van der Waals surface area contributed by atoms with Crippen LogP contribution in [0.2, 0.25) is 0 Å². The van der Waals surface area contributed by atoms with Gasteiger partial charge in [0.05, 0.1) is 0 Å². The molecule has 0 aliphatic heterocycles. The minimum atomic E-state index is 1.16. The summed E-state index contributed by atoms with van der Waals surface area (Å²) in [5, 5.41) is 3.46. The Balaban J connectivity index is 1.72. The van der Waals surface area contributed by atoms with Gasteiger partial charge in [-0.3, -0.25) is 0 Å². The van der Waals surface area contributed by atoms with Crippen molar-refractivity contribution >= 4 is 11.1 Å². The maximum atomic E-state index is 3.46.